The quantitative estimate of drug-likeness (QED) is 0.898. The molecular formula is C14H24BrN3. The topological polar surface area (TPSA) is 29.9 Å². The summed E-state index contributed by atoms with van der Waals surface area (Å²) in [6.07, 6.45) is 8.44. The van der Waals surface area contributed by atoms with Crippen LogP contribution < -0.4 is 5.32 Å². The molecule has 1 aromatic heterocycles. The monoisotopic (exact) mass is 313 g/mol. The minimum Gasteiger partial charge on any atom is -0.313 e. The zero-order valence-electron chi connectivity index (χ0n) is 11.5. The van der Waals surface area contributed by atoms with Crippen molar-refractivity contribution in [3.63, 3.8) is 0 Å². The Morgan fingerprint density at radius 3 is 2.89 bits per heavy atom. The fourth-order valence-corrected chi connectivity index (χ4v) is 3.62. The molecule has 2 atom stereocenters. The lowest BCUT2D eigenvalue weighted by atomic mass is 9.82. The molecule has 0 amide bonds. The second kappa shape index (κ2) is 6.71. The van der Waals surface area contributed by atoms with Crippen molar-refractivity contribution in [1.82, 2.24) is 15.1 Å². The van der Waals surface area contributed by atoms with Crippen molar-refractivity contribution in [3.05, 3.63) is 16.4 Å². The number of nitrogens with one attached hydrogen (secondary N) is 1. The van der Waals surface area contributed by atoms with Crippen LogP contribution >= 0.6 is 15.9 Å². The Kier molecular flexibility index (Phi) is 5.25. The molecule has 1 aliphatic carbocycles. The lowest BCUT2D eigenvalue weighted by molar-refractivity contribution is 0.314. The molecule has 1 aromatic rings. The van der Waals surface area contributed by atoms with E-state index < -0.39 is 0 Å². The first kappa shape index (κ1) is 14.1. The van der Waals surface area contributed by atoms with E-state index in [9.17, 15) is 0 Å². The molecule has 1 saturated carbocycles. The van der Waals surface area contributed by atoms with Crippen LogP contribution in [0.1, 0.15) is 57.6 Å². The first-order chi connectivity index (χ1) is 8.77. The molecule has 18 heavy (non-hydrogen) atoms. The van der Waals surface area contributed by atoms with E-state index in [4.69, 9.17) is 0 Å². The summed E-state index contributed by atoms with van der Waals surface area (Å²) >= 11 is 3.68. The molecule has 1 N–H and O–H groups in total. The Morgan fingerprint density at radius 2 is 2.17 bits per heavy atom. The SMILES string of the molecule is CCCNC1CCCCC1c1c(Br)cnn1CC. The standard InChI is InChI=1S/C14H24BrN3/c1-3-9-16-13-8-6-5-7-11(13)14-12(15)10-17-18(14)4-2/h10-11,13,16H,3-9H2,1-2H3. The van der Waals surface area contributed by atoms with Gasteiger partial charge in [-0.05, 0) is 48.7 Å². The van der Waals surface area contributed by atoms with Crippen molar-refractivity contribution in [3.8, 4) is 0 Å². The number of halogens is 1. The second-order valence-electron chi connectivity index (χ2n) is 5.15. The summed E-state index contributed by atoms with van der Waals surface area (Å²) in [6.45, 7) is 6.48. The number of aryl methyl sites for hydroxylation is 1. The number of hydrogen-bond donors (Lipinski definition) is 1. The molecular weight excluding hydrogens is 290 g/mol. The lowest BCUT2D eigenvalue weighted by Crippen LogP contribution is -2.38. The number of hydrogen-bond acceptors (Lipinski definition) is 2. The summed E-state index contributed by atoms with van der Waals surface area (Å²) in [7, 11) is 0. The maximum atomic E-state index is 4.47. The fraction of sp³-hybridized carbons (Fsp3) is 0.786. The van der Waals surface area contributed by atoms with E-state index in [0.717, 1.165) is 13.1 Å². The Bertz CT molecular complexity index is 375. The van der Waals surface area contributed by atoms with Crippen LogP contribution in [-0.2, 0) is 6.54 Å². The van der Waals surface area contributed by atoms with Gasteiger partial charge in [0.25, 0.3) is 0 Å². The molecule has 0 aliphatic heterocycles. The van der Waals surface area contributed by atoms with Crippen LogP contribution in [-0.4, -0.2) is 22.4 Å². The summed E-state index contributed by atoms with van der Waals surface area (Å²) in [5.74, 6) is 0.613. The van der Waals surface area contributed by atoms with E-state index in [2.05, 4.69) is 44.9 Å². The number of aromatic nitrogens is 2. The average molecular weight is 314 g/mol. The Balaban J connectivity index is 2.19. The van der Waals surface area contributed by atoms with Crippen LogP contribution in [0.3, 0.4) is 0 Å². The van der Waals surface area contributed by atoms with Gasteiger partial charge in [0, 0.05) is 18.5 Å². The predicted molar refractivity (Wildman–Crippen MR) is 78.9 cm³/mol. The first-order valence-electron chi connectivity index (χ1n) is 7.22. The largest absolute Gasteiger partial charge is 0.313 e. The molecule has 3 nitrogen and oxygen atoms in total. The Hall–Kier alpha value is -0.350. The molecule has 0 aromatic carbocycles. The number of nitrogens with zero attached hydrogens (tertiary/aromatic N) is 2. The summed E-state index contributed by atoms with van der Waals surface area (Å²) < 4.78 is 3.33. The van der Waals surface area contributed by atoms with Gasteiger partial charge in [0.2, 0.25) is 0 Å². The number of rotatable bonds is 5. The molecule has 0 bridgehead atoms. The smallest absolute Gasteiger partial charge is 0.0635 e. The summed E-state index contributed by atoms with van der Waals surface area (Å²) in [5, 5.41) is 8.19. The van der Waals surface area contributed by atoms with E-state index in [1.165, 1.54) is 42.3 Å². The van der Waals surface area contributed by atoms with E-state index >= 15 is 0 Å². The lowest BCUT2D eigenvalue weighted by Gasteiger charge is -2.33. The van der Waals surface area contributed by atoms with Gasteiger partial charge in [-0.2, -0.15) is 5.10 Å². The molecule has 0 spiro atoms. The van der Waals surface area contributed by atoms with Crippen molar-refractivity contribution >= 4 is 15.9 Å². The molecule has 4 heteroatoms. The fourth-order valence-electron chi connectivity index (χ4n) is 3.02. The third-order valence-electron chi connectivity index (χ3n) is 3.91. The predicted octanol–water partition coefficient (Wildman–Crippen LogP) is 3.69. The van der Waals surface area contributed by atoms with Gasteiger partial charge in [0.1, 0.15) is 0 Å². The zero-order chi connectivity index (χ0) is 13.0. The van der Waals surface area contributed by atoms with Crippen LogP contribution in [0, 0.1) is 0 Å². The highest BCUT2D eigenvalue weighted by Gasteiger charge is 2.30. The molecule has 1 heterocycles. The maximum absolute atomic E-state index is 4.47. The Labute approximate surface area is 118 Å². The average Bonchev–Trinajstić information content (AvgIpc) is 2.77. The zero-order valence-corrected chi connectivity index (χ0v) is 13.0. The van der Waals surface area contributed by atoms with Crippen molar-refractivity contribution < 1.29 is 0 Å². The van der Waals surface area contributed by atoms with Gasteiger partial charge >= 0.3 is 0 Å². The molecule has 0 saturated heterocycles. The molecule has 0 radical (unpaired) electrons. The van der Waals surface area contributed by atoms with Crippen LogP contribution in [0.4, 0.5) is 0 Å². The third-order valence-corrected chi connectivity index (χ3v) is 4.52. The van der Waals surface area contributed by atoms with Crippen LogP contribution in [0.5, 0.6) is 0 Å². The van der Waals surface area contributed by atoms with Gasteiger partial charge in [0.05, 0.1) is 16.4 Å². The molecule has 2 rings (SSSR count). The third kappa shape index (κ3) is 2.97. The van der Waals surface area contributed by atoms with Gasteiger partial charge in [-0.3, -0.25) is 4.68 Å². The minimum atomic E-state index is 0.613. The van der Waals surface area contributed by atoms with Crippen molar-refractivity contribution in [2.24, 2.45) is 0 Å². The highest BCUT2D eigenvalue weighted by Crippen LogP contribution is 2.36. The second-order valence-corrected chi connectivity index (χ2v) is 6.00. The van der Waals surface area contributed by atoms with Gasteiger partial charge in [0.15, 0.2) is 0 Å². The van der Waals surface area contributed by atoms with E-state index in [-0.39, 0.29) is 0 Å². The Morgan fingerprint density at radius 1 is 1.39 bits per heavy atom. The molecule has 2 unspecified atom stereocenters. The molecule has 1 aliphatic rings. The summed E-state index contributed by atoms with van der Waals surface area (Å²) in [5.41, 5.74) is 1.39. The van der Waals surface area contributed by atoms with Crippen molar-refractivity contribution in [2.45, 2.75) is 64.5 Å². The van der Waals surface area contributed by atoms with E-state index in [1.54, 1.807) is 0 Å². The summed E-state index contributed by atoms with van der Waals surface area (Å²) in [4.78, 5) is 0. The minimum absolute atomic E-state index is 0.613. The van der Waals surface area contributed by atoms with Crippen LogP contribution in [0.2, 0.25) is 0 Å². The first-order valence-corrected chi connectivity index (χ1v) is 8.01. The van der Waals surface area contributed by atoms with Gasteiger partial charge in [-0.1, -0.05) is 19.8 Å². The summed E-state index contributed by atoms with van der Waals surface area (Å²) in [6, 6.07) is 0.622. The van der Waals surface area contributed by atoms with Gasteiger partial charge in [-0.25, -0.2) is 0 Å². The normalized spacial score (nSPS) is 24.4. The van der Waals surface area contributed by atoms with Crippen molar-refractivity contribution in [2.75, 3.05) is 6.54 Å². The maximum Gasteiger partial charge on any atom is 0.0635 e. The molecule has 1 fully saturated rings. The van der Waals surface area contributed by atoms with Crippen LogP contribution in [0.25, 0.3) is 0 Å². The highest BCUT2D eigenvalue weighted by molar-refractivity contribution is 9.10. The molecule has 102 valence electrons. The van der Waals surface area contributed by atoms with Crippen molar-refractivity contribution in [1.29, 1.82) is 0 Å². The van der Waals surface area contributed by atoms with Crippen LogP contribution in [0.15, 0.2) is 10.7 Å². The van der Waals surface area contributed by atoms with Gasteiger partial charge < -0.3 is 5.32 Å². The van der Waals surface area contributed by atoms with E-state index in [0.29, 0.717) is 12.0 Å². The van der Waals surface area contributed by atoms with Gasteiger partial charge in [-0.15, -0.1) is 0 Å². The highest BCUT2D eigenvalue weighted by atomic mass is 79.9. The van der Waals surface area contributed by atoms with E-state index in [1.807, 2.05) is 6.20 Å².